The lowest BCUT2D eigenvalue weighted by molar-refractivity contribution is 0.174. The van der Waals surface area contributed by atoms with E-state index in [1.54, 1.807) is 18.1 Å². The highest BCUT2D eigenvalue weighted by Gasteiger charge is 2.15. The zero-order valence-electron chi connectivity index (χ0n) is 14.0. The number of ether oxygens (including phenoxy) is 2. The van der Waals surface area contributed by atoms with Gasteiger partial charge in [0.15, 0.2) is 11.5 Å². The molecule has 0 unspecified atom stereocenters. The lowest BCUT2D eigenvalue weighted by Gasteiger charge is -2.18. The fourth-order valence-electron chi connectivity index (χ4n) is 2.55. The summed E-state index contributed by atoms with van der Waals surface area (Å²) >= 11 is 0. The van der Waals surface area contributed by atoms with Crippen LogP contribution in [-0.2, 0) is 19.6 Å². The van der Waals surface area contributed by atoms with Crippen molar-refractivity contribution in [2.24, 2.45) is 0 Å². The Kier molecular flexibility index (Phi) is 4.88. The fourth-order valence-corrected chi connectivity index (χ4v) is 2.55. The van der Waals surface area contributed by atoms with Crippen molar-refractivity contribution in [3.8, 4) is 11.5 Å². The largest absolute Gasteiger partial charge is 0.454 e. The minimum Gasteiger partial charge on any atom is -0.454 e. The summed E-state index contributed by atoms with van der Waals surface area (Å²) in [6.45, 7) is 4.21. The Morgan fingerprint density at radius 2 is 2.17 bits per heavy atom. The molecule has 7 heteroatoms. The maximum absolute atomic E-state index is 12.2. The summed E-state index contributed by atoms with van der Waals surface area (Å²) in [5.74, 6) is 1.47. The van der Waals surface area contributed by atoms with Crippen molar-refractivity contribution >= 4 is 6.03 Å². The van der Waals surface area contributed by atoms with Gasteiger partial charge in [-0.05, 0) is 24.1 Å². The van der Waals surface area contributed by atoms with Crippen LogP contribution in [0.2, 0.25) is 0 Å². The summed E-state index contributed by atoms with van der Waals surface area (Å²) < 4.78 is 12.5. The molecular weight excluding hydrogens is 308 g/mol. The zero-order chi connectivity index (χ0) is 16.9. The number of aryl methyl sites for hydroxylation is 1. The van der Waals surface area contributed by atoms with Gasteiger partial charge in [-0.1, -0.05) is 13.0 Å². The van der Waals surface area contributed by atoms with Crippen molar-refractivity contribution < 1.29 is 14.3 Å². The van der Waals surface area contributed by atoms with E-state index in [2.05, 4.69) is 17.3 Å². The van der Waals surface area contributed by atoms with Crippen LogP contribution in [0.1, 0.15) is 24.5 Å². The van der Waals surface area contributed by atoms with Crippen LogP contribution in [0.4, 0.5) is 4.79 Å². The number of hydrogen-bond acceptors (Lipinski definition) is 4. The van der Waals surface area contributed by atoms with Crippen molar-refractivity contribution in [1.82, 2.24) is 20.0 Å². The summed E-state index contributed by atoms with van der Waals surface area (Å²) in [6.07, 6.45) is 4.78. The highest BCUT2D eigenvalue weighted by Crippen LogP contribution is 2.32. The molecule has 0 atom stereocenters. The first-order chi connectivity index (χ1) is 11.7. The third-order valence-corrected chi connectivity index (χ3v) is 3.79. The van der Waals surface area contributed by atoms with Crippen LogP contribution >= 0.6 is 0 Å². The van der Waals surface area contributed by atoms with Gasteiger partial charge >= 0.3 is 6.03 Å². The number of nitrogens with one attached hydrogen (secondary N) is 1. The summed E-state index contributed by atoms with van der Waals surface area (Å²) in [7, 11) is 1.76. The fraction of sp³-hybridized carbons (Fsp3) is 0.412. The molecule has 1 aliphatic rings. The molecule has 2 aromatic rings. The van der Waals surface area contributed by atoms with Gasteiger partial charge in [-0.2, -0.15) is 5.10 Å². The number of carbonyl (C=O) groups excluding carboxylic acids is 1. The minimum atomic E-state index is -0.129. The standard InChI is InChI=1S/C17H22N4O3/c1-3-6-21-11-14(9-19-21)8-18-17(22)20(2)10-13-4-5-15-16(7-13)24-12-23-15/h4-5,7,9,11H,3,6,8,10,12H2,1-2H3,(H,18,22). The van der Waals surface area contributed by atoms with Gasteiger partial charge < -0.3 is 19.7 Å². The molecule has 24 heavy (non-hydrogen) atoms. The molecule has 1 aromatic carbocycles. The molecule has 128 valence electrons. The molecule has 2 heterocycles. The van der Waals surface area contributed by atoms with Crippen molar-refractivity contribution in [1.29, 1.82) is 0 Å². The number of fused-ring (bicyclic) bond motifs is 1. The van der Waals surface area contributed by atoms with E-state index in [1.807, 2.05) is 29.1 Å². The molecule has 0 saturated carbocycles. The van der Waals surface area contributed by atoms with Crippen LogP contribution in [-0.4, -0.2) is 34.6 Å². The Hall–Kier alpha value is -2.70. The van der Waals surface area contributed by atoms with Crippen LogP contribution in [0.15, 0.2) is 30.6 Å². The Balaban J connectivity index is 1.51. The maximum Gasteiger partial charge on any atom is 0.317 e. The van der Waals surface area contributed by atoms with E-state index < -0.39 is 0 Å². The van der Waals surface area contributed by atoms with Crippen LogP contribution in [0.25, 0.3) is 0 Å². The van der Waals surface area contributed by atoms with Gasteiger partial charge in [0.05, 0.1) is 6.20 Å². The summed E-state index contributed by atoms with van der Waals surface area (Å²) in [5, 5.41) is 7.16. The second-order valence-electron chi connectivity index (χ2n) is 5.81. The third-order valence-electron chi connectivity index (χ3n) is 3.79. The molecule has 0 radical (unpaired) electrons. The van der Waals surface area contributed by atoms with Gasteiger partial charge in [0, 0.05) is 38.4 Å². The number of rotatable bonds is 6. The number of urea groups is 1. The maximum atomic E-state index is 12.2. The van der Waals surface area contributed by atoms with Crippen LogP contribution in [0.5, 0.6) is 11.5 Å². The molecular formula is C17H22N4O3. The Morgan fingerprint density at radius 3 is 3.00 bits per heavy atom. The van der Waals surface area contributed by atoms with Crippen LogP contribution in [0, 0.1) is 0 Å². The molecule has 7 nitrogen and oxygen atoms in total. The predicted molar refractivity (Wildman–Crippen MR) is 88.8 cm³/mol. The molecule has 0 bridgehead atoms. The average Bonchev–Trinajstić information content (AvgIpc) is 3.21. The van der Waals surface area contributed by atoms with Gasteiger partial charge in [0.25, 0.3) is 0 Å². The third kappa shape index (κ3) is 3.79. The lowest BCUT2D eigenvalue weighted by atomic mass is 10.2. The zero-order valence-corrected chi connectivity index (χ0v) is 14.0. The summed E-state index contributed by atoms with van der Waals surface area (Å²) in [5.41, 5.74) is 1.99. The first-order valence-corrected chi connectivity index (χ1v) is 8.04. The molecule has 1 aromatic heterocycles. The topological polar surface area (TPSA) is 68.6 Å². The van der Waals surface area contributed by atoms with Gasteiger partial charge in [0.2, 0.25) is 6.79 Å². The molecule has 2 amide bonds. The molecule has 1 N–H and O–H groups in total. The Morgan fingerprint density at radius 1 is 1.33 bits per heavy atom. The van der Waals surface area contributed by atoms with Crippen LogP contribution < -0.4 is 14.8 Å². The monoisotopic (exact) mass is 330 g/mol. The normalized spacial score (nSPS) is 12.2. The molecule has 0 aliphatic carbocycles. The number of benzene rings is 1. The molecule has 1 aliphatic heterocycles. The van der Waals surface area contributed by atoms with Gasteiger partial charge in [-0.25, -0.2) is 4.79 Å². The van der Waals surface area contributed by atoms with E-state index in [0.717, 1.165) is 35.6 Å². The molecule has 3 rings (SSSR count). The number of aromatic nitrogens is 2. The number of hydrogen-bond donors (Lipinski definition) is 1. The van der Waals surface area contributed by atoms with E-state index >= 15 is 0 Å². The molecule has 0 spiro atoms. The van der Waals surface area contributed by atoms with Gasteiger partial charge in [-0.15, -0.1) is 0 Å². The van der Waals surface area contributed by atoms with E-state index in [9.17, 15) is 4.79 Å². The second kappa shape index (κ2) is 7.25. The number of amides is 2. The SMILES string of the molecule is CCCn1cc(CNC(=O)N(C)Cc2ccc3c(c2)OCO3)cn1. The molecule has 0 saturated heterocycles. The Bertz CT molecular complexity index is 714. The summed E-state index contributed by atoms with van der Waals surface area (Å²) in [6, 6.07) is 5.58. The quantitative estimate of drug-likeness (QED) is 0.883. The average molecular weight is 330 g/mol. The van der Waals surface area contributed by atoms with Gasteiger partial charge in [0.1, 0.15) is 0 Å². The Labute approximate surface area is 141 Å². The predicted octanol–water partition coefficient (Wildman–Crippen LogP) is 2.36. The van der Waals surface area contributed by atoms with E-state index in [-0.39, 0.29) is 12.8 Å². The van der Waals surface area contributed by atoms with Crippen molar-refractivity contribution in [2.75, 3.05) is 13.8 Å². The van der Waals surface area contributed by atoms with Crippen molar-refractivity contribution in [3.05, 3.63) is 41.7 Å². The van der Waals surface area contributed by atoms with E-state index in [0.29, 0.717) is 13.1 Å². The van der Waals surface area contributed by atoms with Crippen molar-refractivity contribution in [3.63, 3.8) is 0 Å². The second-order valence-corrected chi connectivity index (χ2v) is 5.81. The van der Waals surface area contributed by atoms with Crippen LogP contribution in [0.3, 0.4) is 0 Å². The number of carbonyl (C=O) groups is 1. The molecule has 0 fully saturated rings. The van der Waals surface area contributed by atoms with E-state index in [4.69, 9.17) is 9.47 Å². The first-order valence-electron chi connectivity index (χ1n) is 8.04. The first kappa shape index (κ1) is 16.2. The van der Waals surface area contributed by atoms with E-state index in [1.165, 1.54) is 0 Å². The summed E-state index contributed by atoms with van der Waals surface area (Å²) in [4.78, 5) is 13.9. The van der Waals surface area contributed by atoms with Crippen molar-refractivity contribution in [2.45, 2.75) is 33.0 Å². The highest BCUT2D eigenvalue weighted by atomic mass is 16.7. The highest BCUT2D eigenvalue weighted by molar-refractivity contribution is 5.73. The minimum absolute atomic E-state index is 0.129. The van der Waals surface area contributed by atoms with Gasteiger partial charge in [-0.3, -0.25) is 4.68 Å². The number of nitrogens with zero attached hydrogens (tertiary/aromatic N) is 3. The lowest BCUT2D eigenvalue weighted by Crippen LogP contribution is -2.36. The smallest absolute Gasteiger partial charge is 0.317 e.